The van der Waals surface area contributed by atoms with E-state index in [4.69, 9.17) is 5.11 Å². The van der Waals surface area contributed by atoms with Crippen molar-refractivity contribution < 1.29 is 19.6 Å². The molecule has 1 saturated carbocycles. The summed E-state index contributed by atoms with van der Waals surface area (Å²) < 4.78 is 0. The molecule has 112 valence electrons. The van der Waals surface area contributed by atoms with Crippen LogP contribution in [0.1, 0.15) is 42.5 Å². The van der Waals surface area contributed by atoms with E-state index in [0.29, 0.717) is 12.8 Å². The number of para-hydroxylation sites is 1. The van der Waals surface area contributed by atoms with Crippen molar-refractivity contribution in [1.29, 1.82) is 0 Å². The Morgan fingerprint density at radius 3 is 2.48 bits per heavy atom. The van der Waals surface area contributed by atoms with Crippen molar-refractivity contribution in [3.8, 4) is 0 Å². The Labute approximate surface area is 121 Å². The molecule has 0 aliphatic heterocycles. The molecule has 7 nitrogen and oxygen atoms in total. The van der Waals surface area contributed by atoms with E-state index in [0.717, 1.165) is 12.8 Å². The van der Waals surface area contributed by atoms with Gasteiger partial charge in [0.25, 0.3) is 11.6 Å². The van der Waals surface area contributed by atoms with Crippen molar-refractivity contribution in [2.75, 3.05) is 0 Å². The number of carbonyl (C=O) groups is 2. The molecule has 1 aliphatic rings. The molecule has 1 fully saturated rings. The first-order valence-electron chi connectivity index (χ1n) is 6.71. The van der Waals surface area contributed by atoms with Gasteiger partial charge in [-0.1, -0.05) is 25.0 Å². The molecule has 1 aliphatic carbocycles. The Bertz CT molecular complexity index is 578. The number of carboxylic acids is 1. The molecule has 0 spiro atoms. The van der Waals surface area contributed by atoms with Crippen LogP contribution in [0.5, 0.6) is 0 Å². The van der Waals surface area contributed by atoms with E-state index < -0.39 is 22.3 Å². The number of carbonyl (C=O) groups excluding carboxylic acids is 1. The van der Waals surface area contributed by atoms with Gasteiger partial charge >= 0.3 is 5.97 Å². The number of nitrogens with zero attached hydrogens (tertiary/aromatic N) is 1. The molecule has 0 radical (unpaired) electrons. The maximum atomic E-state index is 12.3. The SMILES string of the molecule is O=C(O)CC1(NC(=O)c2ccccc2[N+](=O)[O-])CCCC1. The summed E-state index contributed by atoms with van der Waals surface area (Å²) in [5.41, 5.74) is -1.12. The molecule has 0 bridgehead atoms. The average molecular weight is 292 g/mol. The van der Waals surface area contributed by atoms with Crippen LogP contribution in [0.2, 0.25) is 0 Å². The lowest BCUT2D eigenvalue weighted by Crippen LogP contribution is -2.47. The van der Waals surface area contributed by atoms with Gasteiger partial charge in [0.1, 0.15) is 5.56 Å². The summed E-state index contributed by atoms with van der Waals surface area (Å²) in [4.78, 5) is 33.6. The van der Waals surface area contributed by atoms with Crippen LogP contribution < -0.4 is 5.32 Å². The van der Waals surface area contributed by atoms with Crippen molar-refractivity contribution in [1.82, 2.24) is 5.32 Å². The molecule has 1 amide bonds. The van der Waals surface area contributed by atoms with Crippen LogP contribution in [0.3, 0.4) is 0 Å². The third-order valence-corrected chi connectivity index (χ3v) is 3.77. The van der Waals surface area contributed by atoms with Gasteiger partial charge in [0.15, 0.2) is 0 Å². The number of nitrogens with one attached hydrogen (secondary N) is 1. The fraction of sp³-hybridized carbons (Fsp3) is 0.429. The molecule has 1 aromatic carbocycles. The first-order chi connectivity index (χ1) is 9.93. The molecule has 0 aromatic heterocycles. The van der Waals surface area contributed by atoms with E-state index in [1.54, 1.807) is 6.07 Å². The van der Waals surface area contributed by atoms with E-state index >= 15 is 0 Å². The minimum Gasteiger partial charge on any atom is -0.481 e. The van der Waals surface area contributed by atoms with Gasteiger partial charge in [-0.3, -0.25) is 19.7 Å². The molecule has 0 heterocycles. The number of benzene rings is 1. The fourth-order valence-corrected chi connectivity index (χ4v) is 2.82. The van der Waals surface area contributed by atoms with Gasteiger partial charge in [-0.25, -0.2) is 0 Å². The third kappa shape index (κ3) is 3.36. The molecule has 2 rings (SSSR count). The second kappa shape index (κ2) is 5.90. The minimum atomic E-state index is -0.986. The number of nitro benzene ring substituents is 1. The molecule has 7 heteroatoms. The zero-order chi connectivity index (χ0) is 15.5. The number of hydrogen-bond donors (Lipinski definition) is 2. The van der Waals surface area contributed by atoms with E-state index in [-0.39, 0.29) is 17.7 Å². The van der Waals surface area contributed by atoms with Gasteiger partial charge in [0.2, 0.25) is 0 Å². The highest BCUT2D eigenvalue weighted by molar-refractivity contribution is 5.98. The molecule has 1 aromatic rings. The smallest absolute Gasteiger partial charge is 0.305 e. The van der Waals surface area contributed by atoms with Gasteiger partial charge in [0, 0.05) is 6.07 Å². The van der Waals surface area contributed by atoms with Crippen LogP contribution in [-0.2, 0) is 4.79 Å². The van der Waals surface area contributed by atoms with Gasteiger partial charge in [-0.05, 0) is 18.9 Å². The molecule has 0 unspecified atom stereocenters. The highest BCUT2D eigenvalue weighted by Gasteiger charge is 2.38. The average Bonchev–Trinajstić information content (AvgIpc) is 2.85. The Hall–Kier alpha value is -2.44. The van der Waals surface area contributed by atoms with Crippen LogP contribution in [-0.4, -0.2) is 27.4 Å². The maximum absolute atomic E-state index is 12.3. The lowest BCUT2D eigenvalue weighted by molar-refractivity contribution is -0.385. The monoisotopic (exact) mass is 292 g/mol. The predicted molar refractivity (Wildman–Crippen MR) is 74.0 cm³/mol. The lowest BCUT2D eigenvalue weighted by atomic mass is 9.92. The number of aliphatic carboxylic acids is 1. The van der Waals surface area contributed by atoms with Gasteiger partial charge in [-0.15, -0.1) is 0 Å². The van der Waals surface area contributed by atoms with Crippen LogP contribution >= 0.6 is 0 Å². The second-order valence-corrected chi connectivity index (χ2v) is 5.29. The first-order valence-corrected chi connectivity index (χ1v) is 6.71. The number of nitro groups is 1. The summed E-state index contributed by atoms with van der Waals surface area (Å²) in [6, 6.07) is 5.66. The van der Waals surface area contributed by atoms with Crippen LogP contribution in [0, 0.1) is 10.1 Å². The summed E-state index contributed by atoms with van der Waals surface area (Å²) >= 11 is 0. The molecule has 2 N–H and O–H groups in total. The van der Waals surface area contributed by atoms with Crippen LogP contribution in [0.15, 0.2) is 24.3 Å². The molecule has 0 atom stereocenters. The molecule has 21 heavy (non-hydrogen) atoms. The Kier molecular flexibility index (Phi) is 4.21. The first kappa shape index (κ1) is 15.0. The number of hydrogen-bond acceptors (Lipinski definition) is 4. The predicted octanol–water partition coefficient (Wildman–Crippen LogP) is 2.11. The van der Waals surface area contributed by atoms with E-state index in [2.05, 4.69) is 5.32 Å². The molecular formula is C14H16N2O5. The summed E-state index contributed by atoms with van der Waals surface area (Å²) in [6.07, 6.45) is 2.66. The van der Waals surface area contributed by atoms with Crippen molar-refractivity contribution >= 4 is 17.6 Å². The quantitative estimate of drug-likeness (QED) is 0.638. The second-order valence-electron chi connectivity index (χ2n) is 5.29. The van der Waals surface area contributed by atoms with Gasteiger partial charge < -0.3 is 10.4 Å². The van der Waals surface area contributed by atoms with Gasteiger partial charge in [0.05, 0.1) is 16.9 Å². The number of amides is 1. The number of carboxylic acid groups (broad SMARTS) is 1. The summed E-state index contributed by atoms with van der Waals surface area (Å²) in [5.74, 6) is -1.58. The highest BCUT2D eigenvalue weighted by Crippen LogP contribution is 2.33. The maximum Gasteiger partial charge on any atom is 0.305 e. The molecular weight excluding hydrogens is 276 g/mol. The van der Waals surface area contributed by atoms with Crippen molar-refractivity contribution in [2.24, 2.45) is 0 Å². The minimum absolute atomic E-state index is 0.0424. The normalized spacial score (nSPS) is 16.4. The Morgan fingerprint density at radius 1 is 1.29 bits per heavy atom. The molecule has 0 saturated heterocycles. The lowest BCUT2D eigenvalue weighted by Gasteiger charge is -2.28. The largest absolute Gasteiger partial charge is 0.481 e. The Morgan fingerprint density at radius 2 is 1.90 bits per heavy atom. The topological polar surface area (TPSA) is 110 Å². The standard InChI is InChI=1S/C14H16N2O5/c17-12(18)9-14(7-3-4-8-14)15-13(19)10-5-1-2-6-11(10)16(20)21/h1-2,5-6H,3-4,7-9H2,(H,15,19)(H,17,18). The van der Waals surface area contributed by atoms with Crippen LogP contribution in [0.4, 0.5) is 5.69 Å². The van der Waals surface area contributed by atoms with Crippen LogP contribution in [0.25, 0.3) is 0 Å². The zero-order valence-electron chi connectivity index (χ0n) is 11.4. The van der Waals surface area contributed by atoms with Crippen molar-refractivity contribution in [3.05, 3.63) is 39.9 Å². The third-order valence-electron chi connectivity index (χ3n) is 3.77. The summed E-state index contributed by atoms with van der Waals surface area (Å²) in [7, 11) is 0. The van der Waals surface area contributed by atoms with E-state index in [9.17, 15) is 19.7 Å². The summed E-state index contributed by atoms with van der Waals surface area (Å²) in [5, 5.41) is 22.7. The van der Waals surface area contributed by atoms with E-state index in [1.165, 1.54) is 18.2 Å². The summed E-state index contributed by atoms with van der Waals surface area (Å²) in [6.45, 7) is 0. The van der Waals surface area contributed by atoms with Crippen molar-refractivity contribution in [3.63, 3.8) is 0 Å². The zero-order valence-corrected chi connectivity index (χ0v) is 11.4. The fourth-order valence-electron chi connectivity index (χ4n) is 2.82. The van der Waals surface area contributed by atoms with Crippen molar-refractivity contribution in [2.45, 2.75) is 37.6 Å². The number of rotatable bonds is 5. The highest BCUT2D eigenvalue weighted by atomic mass is 16.6. The van der Waals surface area contributed by atoms with E-state index in [1.807, 2.05) is 0 Å². The van der Waals surface area contributed by atoms with Gasteiger partial charge in [-0.2, -0.15) is 0 Å². The Balaban J connectivity index is 2.24.